The lowest BCUT2D eigenvalue weighted by atomic mass is 9.95. The van der Waals surface area contributed by atoms with Gasteiger partial charge < -0.3 is 25.1 Å². The van der Waals surface area contributed by atoms with E-state index in [0.717, 1.165) is 44.6 Å². The molecule has 0 saturated heterocycles. The van der Waals surface area contributed by atoms with Gasteiger partial charge in [-0.05, 0) is 49.8 Å². The molecule has 1 saturated carbocycles. The zero-order chi connectivity index (χ0) is 23.5. The Morgan fingerprint density at radius 1 is 1.09 bits per heavy atom. The second kappa shape index (κ2) is 12.7. The minimum Gasteiger partial charge on any atom is -0.508 e. The number of amides is 1. The van der Waals surface area contributed by atoms with Gasteiger partial charge in [0.2, 0.25) is 0 Å². The summed E-state index contributed by atoms with van der Waals surface area (Å²) in [6.07, 6.45) is 15.3. The molecule has 1 heterocycles. The van der Waals surface area contributed by atoms with Gasteiger partial charge in [0.25, 0.3) is 5.91 Å². The maximum Gasteiger partial charge on any atom is 0.342 e. The lowest BCUT2D eigenvalue weighted by Crippen LogP contribution is -2.38. The average Bonchev–Trinajstić information content (AvgIpc) is 2.77. The number of allylic oxidation sites excluding steroid dienone is 3. The van der Waals surface area contributed by atoms with E-state index in [1.165, 1.54) is 12.5 Å². The summed E-state index contributed by atoms with van der Waals surface area (Å²) in [5.74, 6) is -1.45. The Labute approximate surface area is 194 Å². The number of nitrogens with zero attached hydrogens (tertiary/aromatic N) is 1. The number of carbonyl (C=O) groups is 2. The van der Waals surface area contributed by atoms with E-state index in [9.17, 15) is 19.8 Å². The van der Waals surface area contributed by atoms with Crippen molar-refractivity contribution < 1.29 is 29.4 Å². The Kier molecular flexibility index (Phi) is 9.35. The van der Waals surface area contributed by atoms with E-state index < -0.39 is 5.97 Å². The van der Waals surface area contributed by atoms with Crippen molar-refractivity contribution in [2.24, 2.45) is 5.16 Å². The van der Waals surface area contributed by atoms with E-state index in [0.29, 0.717) is 17.7 Å². The molecule has 3 rings (SSSR count). The molecule has 0 unspecified atom stereocenters. The lowest BCUT2D eigenvalue weighted by Gasteiger charge is -2.22. The number of phenols is 2. The van der Waals surface area contributed by atoms with Gasteiger partial charge in [0.05, 0.1) is 12.3 Å². The summed E-state index contributed by atoms with van der Waals surface area (Å²) in [6, 6.07) is 2.68. The van der Waals surface area contributed by atoms with Crippen molar-refractivity contribution in [1.82, 2.24) is 5.32 Å². The van der Waals surface area contributed by atoms with Gasteiger partial charge in [0, 0.05) is 18.5 Å². The number of cyclic esters (lactones) is 1. The summed E-state index contributed by atoms with van der Waals surface area (Å²) in [5, 5.41) is 27.3. The molecule has 0 atom stereocenters. The SMILES string of the molecule is O=C(CON=C1C=CCCC=CCCOC(=O)c2c(O)cc(O)cc2C1)NC1CCCCC1. The normalized spacial score (nSPS) is 19.4. The number of hydrogen-bond acceptors (Lipinski definition) is 7. The molecular formula is C25H32N2O6. The van der Waals surface area contributed by atoms with Crippen LogP contribution in [0.2, 0.25) is 0 Å². The van der Waals surface area contributed by atoms with Crippen LogP contribution in [0.25, 0.3) is 0 Å². The Balaban J connectivity index is 1.75. The number of hydrogen-bond donors (Lipinski definition) is 3. The van der Waals surface area contributed by atoms with Crippen LogP contribution in [0.15, 0.2) is 41.6 Å². The molecule has 2 aliphatic rings. The van der Waals surface area contributed by atoms with Crippen molar-refractivity contribution in [3.63, 3.8) is 0 Å². The minimum absolute atomic E-state index is 0.0232. The molecule has 1 amide bonds. The first-order valence-corrected chi connectivity index (χ1v) is 11.5. The fraction of sp³-hybridized carbons (Fsp3) is 0.480. The molecule has 1 aliphatic heterocycles. The summed E-state index contributed by atoms with van der Waals surface area (Å²) in [7, 11) is 0. The van der Waals surface area contributed by atoms with Crippen LogP contribution in [0.3, 0.4) is 0 Å². The smallest absolute Gasteiger partial charge is 0.342 e. The second-order valence-corrected chi connectivity index (χ2v) is 8.31. The molecule has 0 aromatic heterocycles. The first-order valence-electron chi connectivity index (χ1n) is 11.5. The van der Waals surface area contributed by atoms with Crippen LogP contribution in [0.1, 0.15) is 67.3 Å². The van der Waals surface area contributed by atoms with Crippen molar-refractivity contribution in [1.29, 1.82) is 0 Å². The van der Waals surface area contributed by atoms with Crippen LogP contribution in [-0.2, 0) is 20.8 Å². The van der Waals surface area contributed by atoms with E-state index in [1.807, 2.05) is 18.2 Å². The maximum atomic E-state index is 12.6. The first-order chi connectivity index (χ1) is 16.0. The van der Waals surface area contributed by atoms with Crippen molar-refractivity contribution in [3.05, 3.63) is 47.6 Å². The number of phenolic OH excluding ortho intramolecular Hbond substituents is 2. The van der Waals surface area contributed by atoms with Crippen LogP contribution in [-0.4, -0.2) is 47.1 Å². The van der Waals surface area contributed by atoms with E-state index in [-0.39, 0.29) is 48.6 Å². The van der Waals surface area contributed by atoms with Gasteiger partial charge in [-0.15, -0.1) is 0 Å². The van der Waals surface area contributed by atoms with E-state index in [1.54, 1.807) is 6.08 Å². The third kappa shape index (κ3) is 7.97. The van der Waals surface area contributed by atoms with E-state index >= 15 is 0 Å². The van der Waals surface area contributed by atoms with Crippen molar-refractivity contribution in [2.75, 3.05) is 13.2 Å². The number of nitrogens with one attached hydrogen (secondary N) is 1. The van der Waals surface area contributed by atoms with Crippen LogP contribution in [0.4, 0.5) is 0 Å². The van der Waals surface area contributed by atoms with Gasteiger partial charge in [0.1, 0.15) is 17.1 Å². The third-order valence-corrected chi connectivity index (χ3v) is 5.60. The predicted molar refractivity (Wildman–Crippen MR) is 124 cm³/mol. The number of carbonyl (C=O) groups excluding carboxylic acids is 2. The highest BCUT2D eigenvalue weighted by molar-refractivity contribution is 6.00. The van der Waals surface area contributed by atoms with E-state index in [2.05, 4.69) is 10.5 Å². The minimum atomic E-state index is -0.677. The Morgan fingerprint density at radius 2 is 1.85 bits per heavy atom. The lowest BCUT2D eigenvalue weighted by molar-refractivity contribution is -0.126. The largest absolute Gasteiger partial charge is 0.508 e. The highest BCUT2D eigenvalue weighted by atomic mass is 16.6. The van der Waals surface area contributed by atoms with Gasteiger partial charge in [-0.2, -0.15) is 0 Å². The zero-order valence-corrected chi connectivity index (χ0v) is 18.8. The number of oxime groups is 1. The molecule has 8 heteroatoms. The summed E-state index contributed by atoms with van der Waals surface area (Å²) >= 11 is 0. The van der Waals surface area contributed by atoms with Gasteiger partial charge in [-0.3, -0.25) is 4.79 Å². The topological polar surface area (TPSA) is 117 Å². The standard InChI is InChI=1S/C25H32N2O6/c28-21-15-18-14-20(27-33-17-23(30)26-19-10-7-5-8-11-19)12-6-3-1-2-4-9-13-32-25(31)24(18)22(29)16-21/h2,4,6,12,15-16,19,28-29H,1,3,5,7-11,13-14,17H2,(H,26,30). The van der Waals surface area contributed by atoms with Crippen LogP contribution < -0.4 is 5.32 Å². The first kappa shape index (κ1) is 24.4. The molecule has 0 bridgehead atoms. The van der Waals surface area contributed by atoms with Crippen LogP contribution in [0, 0.1) is 0 Å². The number of aromatic hydroxyl groups is 2. The summed E-state index contributed by atoms with van der Waals surface area (Å²) in [6.45, 7) is -0.0259. The molecule has 178 valence electrons. The monoisotopic (exact) mass is 456 g/mol. The fourth-order valence-electron chi connectivity index (χ4n) is 3.99. The molecule has 1 aliphatic carbocycles. The summed E-state index contributed by atoms with van der Waals surface area (Å²) in [4.78, 5) is 30.1. The number of rotatable bonds is 4. The second-order valence-electron chi connectivity index (χ2n) is 8.31. The molecule has 8 nitrogen and oxygen atoms in total. The predicted octanol–water partition coefficient (Wildman–Crippen LogP) is 3.91. The Morgan fingerprint density at radius 3 is 2.67 bits per heavy atom. The van der Waals surface area contributed by atoms with Gasteiger partial charge in [-0.1, -0.05) is 42.6 Å². The maximum absolute atomic E-state index is 12.6. The molecule has 1 fully saturated rings. The third-order valence-electron chi connectivity index (χ3n) is 5.60. The average molecular weight is 457 g/mol. The highest BCUT2D eigenvalue weighted by Crippen LogP contribution is 2.29. The molecular weight excluding hydrogens is 424 g/mol. The number of fused-ring (bicyclic) bond motifs is 1. The molecule has 0 radical (unpaired) electrons. The van der Waals surface area contributed by atoms with Crippen LogP contribution >= 0.6 is 0 Å². The van der Waals surface area contributed by atoms with Gasteiger partial charge in [-0.25, -0.2) is 4.79 Å². The molecule has 1 aromatic rings. The molecule has 1 aromatic carbocycles. The van der Waals surface area contributed by atoms with Crippen molar-refractivity contribution >= 4 is 17.6 Å². The molecule has 3 N–H and O–H groups in total. The number of benzene rings is 1. The summed E-state index contributed by atoms with van der Waals surface area (Å²) < 4.78 is 5.28. The van der Waals surface area contributed by atoms with Crippen molar-refractivity contribution in [3.8, 4) is 11.5 Å². The Hall–Kier alpha value is -3.29. The van der Waals surface area contributed by atoms with Gasteiger partial charge in [0.15, 0.2) is 6.61 Å². The zero-order valence-electron chi connectivity index (χ0n) is 18.8. The van der Waals surface area contributed by atoms with Crippen LogP contribution in [0.5, 0.6) is 11.5 Å². The number of esters is 1. The Bertz CT molecular complexity index is 916. The molecule has 0 spiro atoms. The quantitative estimate of drug-likeness (QED) is 0.359. The fourth-order valence-corrected chi connectivity index (χ4v) is 3.99. The summed E-state index contributed by atoms with van der Waals surface area (Å²) in [5.41, 5.74) is 0.772. The molecule has 33 heavy (non-hydrogen) atoms. The number of ether oxygens (including phenoxy) is 1. The van der Waals surface area contributed by atoms with E-state index in [4.69, 9.17) is 9.57 Å². The highest BCUT2D eigenvalue weighted by Gasteiger charge is 2.21. The van der Waals surface area contributed by atoms with Gasteiger partial charge >= 0.3 is 5.97 Å². The van der Waals surface area contributed by atoms with Crippen molar-refractivity contribution in [2.45, 2.75) is 63.8 Å².